The van der Waals surface area contributed by atoms with Crippen LogP contribution in [0.4, 0.5) is 5.95 Å². The minimum absolute atomic E-state index is 0.113. The molecule has 1 amide bonds. The number of hydrogen-bond donors (Lipinski definition) is 1. The number of hydrogen-bond acceptors (Lipinski definition) is 9. The molecule has 0 radical (unpaired) electrons. The smallest absolute Gasteiger partial charge is 0.253 e. The Morgan fingerprint density at radius 1 is 0.920 bits per heavy atom. The summed E-state index contributed by atoms with van der Waals surface area (Å²) in [5.74, 6) is 3.10. The molecule has 1 aliphatic heterocycles. The van der Waals surface area contributed by atoms with Crippen molar-refractivity contribution in [1.29, 1.82) is 0 Å². The Kier molecular flexibility index (Phi) is 13.2. The molecule has 1 fully saturated rings. The van der Waals surface area contributed by atoms with Crippen molar-refractivity contribution in [3.63, 3.8) is 0 Å². The highest BCUT2D eigenvalue weighted by Crippen LogP contribution is 2.38. The van der Waals surface area contributed by atoms with Gasteiger partial charge >= 0.3 is 0 Å². The predicted molar refractivity (Wildman–Crippen MR) is 197 cm³/mol. The van der Waals surface area contributed by atoms with Gasteiger partial charge in [-0.25, -0.2) is 4.98 Å². The molecular formula is C39H53N5O6. The first-order valence-electron chi connectivity index (χ1n) is 17.6. The lowest BCUT2D eigenvalue weighted by molar-refractivity contribution is 0.0781. The third-order valence-corrected chi connectivity index (χ3v) is 9.52. The van der Waals surface area contributed by atoms with E-state index in [2.05, 4.69) is 52.0 Å². The summed E-state index contributed by atoms with van der Waals surface area (Å²) in [5.41, 5.74) is 3.79. The fraction of sp³-hybridized carbons (Fsp3) is 0.487. The molecule has 5 rings (SSSR count). The van der Waals surface area contributed by atoms with Crippen molar-refractivity contribution in [2.75, 3.05) is 80.2 Å². The molecule has 3 aromatic carbocycles. The lowest BCUT2D eigenvalue weighted by Crippen LogP contribution is -2.40. The van der Waals surface area contributed by atoms with E-state index in [9.17, 15) is 4.79 Å². The quantitative estimate of drug-likeness (QED) is 0.121. The van der Waals surface area contributed by atoms with Gasteiger partial charge in [0.2, 0.25) is 11.7 Å². The fourth-order valence-electron chi connectivity index (χ4n) is 6.71. The van der Waals surface area contributed by atoms with Crippen LogP contribution in [-0.2, 0) is 11.3 Å². The van der Waals surface area contributed by atoms with Gasteiger partial charge in [-0.1, -0.05) is 31.2 Å². The standard InChI is InChI=1S/C39H53N5O6/c1-7-23-50-24-22-44-34-11-9-8-10-33(34)41-39(44)40-31-17-20-43(21-18-31)19-16-29(28-12-14-32(46-3)15-13-28)27-42(2)38(45)30-25-35(47-4)37(49-6)36(26-30)48-5/h8-15,25-26,29,31H,7,16-24,27H2,1-6H3,(H,40,41). The maximum atomic E-state index is 13.7. The highest BCUT2D eigenvalue weighted by Gasteiger charge is 2.25. The second-order valence-electron chi connectivity index (χ2n) is 12.8. The van der Waals surface area contributed by atoms with Crippen molar-refractivity contribution in [3.8, 4) is 23.0 Å². The van der Waals surface area contributed by atoms with E-state index in [1.54, 1.807) is 45.5 Å². The minimum atomic E-state index is -0.113. The Morgan fingerprint density at radius 2 is 1.62 bits per heavy atom. The molecule has 11 nitrogen and oxygen atoms in total. The average Bonchev–Trinajstić information content (AvgIpc) is 3.50. The third-order valence-electron chi connectivity index (χ3n) is 9.52. The number of anilines is 1. The molecule has 1 aromatic heterocycles. The summed E-state index contributed by atoms with van der Waals surface area (Å²) in [6.07, 6.45) is 3.98. The molecule has 0 spiro atoms. The topological polar surface area (TPSA) is 99.6 Å². The second-order valence-corrected chi connectivity index (χ2v) is 12.8. The first-order valence-corrected chi connectivity index (χ1v) is 17.6. The number of imidazole rings is 1. The molecule has 1 saturated heterocycles. The highest BCUT2D eigenvalue weighted by atomic mass is 16.5. The van der Waals surface area contributed by atoms with E-state index in [1.807, 2.05) is 25.2 Å². The minimum Gasteiger partial charge on any atom is -0.497 e. The van der Waals surface area contributed by atoms with Crippen molar-refractivity contribution in [3.05, 3.63) is 71.8 Å². The SMILES string of the molecule is CCCOCCn1c(NC2CCN(CCC(CN(C)C(=O)c3cc(OC)c(OC)c(OC)c3)c3ccc(OC)cc3)CC2)nc2ccccc21. The van der Waals surface area contributed by atoms with Crippen molar-refractivity contribution in [2.24, 2.45) is 0 Å². The summed E-state index contributed by atoms with van der Waals surface area (Å²) < 4.78 is 30.0. The van der Waals surface area contributed by atoms with E-state index in [0.29, 0.717) is 42.0 Å². The van der Waals surface area contributed by atoms with Crippen LogP contribution in [-0.4, -0.2) is 106 Å². The lowest BCUT2D eigenvalue weighted by Gasteiger charge is -2.34. The maximum Gasteiger partial charge on any atom is 0.253 e. The van der Waals surface area contributed by atoms with Gasteiger partial charge in [-0.05, 0) is 74.2 Å². The molecule has 1 unspecified atom stereocenters. The number of likely N-dealkylation sites (N-methyl/N-ethyl adjacent to an activating group) is 1. The van der Waals surface area contributed by atoms with Gasteiger partial charge in [0.25, 0.3) is 5.91 Å². The molecule has 270 valence electrons. The van der Waals surface area contributed by atoms with Gasteiger partial charge in [-0.2, -0.15) is 0 Å². The fourth-order valence-corrected chi connectivity index (χ4v) is 6.71. The van der Waals surface area contributed by atoms with Gasteiger partial charge in [0.05, 0.1) is 46.1 Å². The number of nitrogens with zero attached hydrogens (tertiary/aromatic N) is 4. The van der Waals surface area contributed by atoms with Gasteiger partial charge in [-0.15, -0.1) is 0 Å². The van der Waals surface area contributed by atoms with Crippen molar-refractivity contribution < 1.29 is 28.5 Å². The number of carbonyl (C=O) groups excluding carboxylic acids is 1. The van der Waals surface area contributed by atoms with Crippen LogP contribution in [0.25, 0.3) is 11.0 Å². The molecule has 2 heterocycles. The largest absolute Gasteiger partial charge is 0.497 e. The summed E-state index contributed by atoms with van der Waals surface area (Å²) in [7, 11) is 8.18. The van der Waals surface area contributed by atoms with Crippen LogP contribution >= 0.6 is 0 Å². The number of rotatable bonds is 18. The molecule has 1 N–H and O–H groups in total. The summed E-state index contributed by atoms with van der Waals surface area (Å²) >= 11 is 0. The molecule has 1 aliphatic rings. The number of fused-ring (bicyclic) bond motifs is 1. The molecule has 0 aliphatic carbocycles. The zero-order valence-corrected chi connectivity index (χ0v) is 30.4. The average molecular weight is 688 g/mol. The number of carbonyl (C=O) groups is 1. The summed E-state index contributed by atoms with van der Waals surface area (Å²) in [6.45, 7) is 7.81. The van der Waals surface area contributed by atoms with E-state index in [4.69, 9.17) is 28.7 Å². The number of nitrogens with one attached hydrogen (secondary N) is 1. The van der Waals surface area contributed by atoms with Gasteiger partial charge < -0.3 is 43.4 Å². The lowest BCUT2D eigenvalue weighted by atomic mass is 9.93. The number of methoxy groups -OCH3 is 4. The first kappa shape index (κ1) is 36.8. The maximum absolute atomic E-state index is 13.7. The molecule has 0 bridgehead atoms. The van der Waals surface area contributed by atoms with Gasteiger partial charge in [-0.3, -0.25) is 4.79 Å². The zero-order valence-electron chi connectivity index (χ0n) is 30.4. The Hall–Kier alpha value is -4.48. The molecule has 50 heavy (non-hydrogen) atoms. The summed E-state index contributed by atoms with van der Waals surface area (Å²) in [4.78, 5) is 23.0. The van der Waals surface area contributed by atoms with Crippen LogP contribution < -0.4 is 24.3 Å². The van der Waals surface area contributed by atoms with Crippen LogP contribution in [0, 0.1) is 0 Å². The molecular weight excluding hydrogens is 634 g/mol. The van der Waals surface area contributed by atoms with Crippen molar-refractivity contribution in [2.45, 2.75) is 51.1 Å². The Morgan fingerprint density at radius 3 is 2.26 bits per heavy atom. The van der Waals surface area contributed by atoms with E-state index in [1.165, 1.54) is 5.56 Å². The monoisotopic (exact) mass is 687 g/mol. The number of amides is 1. The molecule has 1 atom stereocenters. The van der Waals surface area contributed by atoms with Gasteiger partial charge in [0.15, 0.2) is 11.5 Å². The van der Waals surface area contributed by atoms with E-state index in [-0.39, 0.29) is 11.8 Å². The summed E-state index contributed by atoms with van der Waals surface area (Å²) in [6, 6.07) is 20.3. The predicted octanol–water partition coefficient (Wildman–Crippen LogP) is 6.32. The zero-order chi connectivity index (χ0) is 35.5. The second kappa shape index (κ2) is 18.0. The van der Waals surface area contributed by atoms with Gasteiger partial charge in [0, 0.05) is 57.4 Å². The Bertz CT molecular complexity index is 1640. The molecule has 0 saturated carbocycles. The van der Waals surface area contributed by atoms with Crippen LogP contribution in [0.15, 0.2) is 60.7 Å². The molecule has 4 aromatic rings. The first-order chi connectivity index (χ1) is 24.4. The van der Waals surface area contributed by atoms with E-state index >= 15 is 0 Å². The number of para-hydroxylation sites is 2. The highest BCUT2D eigenvalue weighted by molar-refractivity contribution is 5.95. The van der Waals surface area contributed by atoms with Crippen LogP contribution in [0.5, 0.6) is 23.0 Å². The Labute approximate surface area is 296 Å². The summed E-state index contributed by atoms with van der Waals surface area (Å²) in [5, 5.41) is 3.77. The van der Waals surface area contributed by atoms with Gasteiger partial charge in [0.1, 0.15) is 5.75 Å². The number of benzene rings is 3. The van der Waals surface area contributed by atoms with Crippen molar-refractivity contribution >= 4 is 22.9 Å². The normalized spacial score (nSPS) is 14.4. The van der Waals surface area contributed by atoms with E-state index in [0.717, 1.165) is 81.2 Å². The number of piperidine rings is 1. The van der Waals surface area contributed by atoms with Crippen LogP contribution in [0.1, 0.15) is 54.4 Å². The number of aromatic nitrogens is 2. The number of likely N-dealkylation sites (tertiary alicyclic amines) is 1. The van der Waals surface area contributed by atoms with Crippen LogP contribution in [0.2, 0.25) is 0 Å². The van der Waals surface area contributed by atoms with Crippen molar-refractivity contribution in [1.82, 2.24) is 19.4 Å². The molecule has 11 heteroatoms. The number of ether oxygens (including phenoxy) is 5. The van der Waals surface area contributed by atoms with Crippen LogP contribution in [0.3, 0.4) is 0 Å². The third kappa shape index (κ3) is 9.00. The Balaban J connectivity index is 1.22. The van der Waals surface area contributed by atoms with E-state index < -0.39 is 0 Å².